The molecule has 1 aliphatic heterocycles. The Morgan fingerprint density at radius 3 is 3.00 bits per heavy atom. The lowest BCUT2D eigenvalue weighted by Crippen LogP contribution is -2.40. The third kappa shape index (κ3) is 2.79. The van der Waals surface area contributed by atoms with Gasteiger partial charge in [0.25, 0.3) is 0 Å². The lowest BCUT2D eigenvalue weighted by atomic mass is 10.1. The number of carbonyl (C=O) groups excluding carboxylic acids is 1. The summed E-state index contributed by atoms with van der Waals surface area (Å²) in [4.78, 5) is 11.3. The van der Waals surface area contributed by atoms with Gasteiger partial charge in [0, 0.05) is 19.7 Å². The van der Waals surface area contributed by atoms with E-state index in [-0.39, 0.29) is 12.0 Å². The van der Waals surface area contributed by atoms with Crippen LogP contribution in [0.4, 0.5) is 0 Å². The predicted octanol–water partition coefficient (Wildman–Crippen LogP) is -0.370. The van der Waals surface area contributed by atoms with Crippen molar-refractivity contribution in [2.45, 2.75) is 25.4 Å². The molecule has 4 heteroatoms. The highest BCUT2D eigenvalue weighted by Gasteiger charge is 2.20. The van der Waals surface area contributed by atoms with E-state index in [4.69, 9.17) is 10.5 Å². The summed E-state index contributed by atoms with van der Waals surface area (Å²) < 4.78 is 5.28. The molecular weight excluding hydrogens is 156 g/mol. The number of hydrogen-bond donors (Lipinski definition) is 2. The van der Waals surface area contributed by atoms with Crippen LogP contribution in [-0.4, -0.2) is 31.7 Å². The van der Waals surface area contributed by atoms with Gasteiger partial charge in [-0.15, -0.1) is 0 Å². The summed E-state index contributed by atoms with van der Waals surface area (Å²) in [6.45, 7) is 1.73. The highest BCUT2D eigenvalue weighted by molar-refractivity contribution is 5.80. The van der Waals surface area contributed by atoms with E-state index < -0.39 is 0 Å². The number of nitrogens with one attached hydrogen (secondary N) is 1. The Bertz CT molecular complexity index is 144. The second-order valence-electron chi connectivity index (χ2n) is 2.93. The molecule has 0 aromatic rings. The molecule has 1 fully saturated rings. The van der Waals surface area contributed by atoms with Crippen molar-refractivity contribution in [3.63, 3.8) is 0 Å². The van der Waals surface area contributed by atoms with Gasteiger partial charge in [0.05, 0.1) is 0 Å². The molecule has 0 saturated carbocycles. The quantitative estimate of drug-likeness (QED) is 0.610. The Balaban J connectivity index is 2.20. The van der Waals surface area contributed by atoms with Crippen LogP contribution in [0.1, 0.15) is 19.3 Å². The van der Waals surface area contributed by atoms with Crippen molar-refractivity contribution in [2.24, 2.45) is 5.73 Å². The molecule has 0 aromatic heterocycles. The van der Waals surface area contributed by atoms with E-state index in [2.05, 4.69) is 5.32 Å². The molecule has 4 nitrogen and oxygen atoms in total. The molecule has 12 heavy (non-hydrogen) atoms. The maximum Gasteiger partial charge on any atom is 0.249 e. The second kappa shape index (κ2) is 5.11. The molecule has 70 valence electrons. The molecule has 1 heterocycles. The summed E-state index contributed by atoms with van der Waals surface area (Å²) in [5.74, 6) is -0.0137. The lowest BCUT2D eigenvalue weighted by Gasteiger charge is -2.21. The van der Waals surface area contributed by atoms with Gasteiger partial charge in [-0.05, 0) is 19.3 Å². The number of ether oxygens (including phenoxy) is 1. The van der Waals surface area contributed by atoms with E-state index in [1.807, 2.05) is 0 Å². The van der Waals surface area contributed by atoms with Crippen LogP contribution in [0.5, 0.6) is 0 Å². The average molecular weight is 172 g/mol. The van der Waals surface area contributed by atoms with E-state index in [0.717, 1.165) is 19.3 Å². The number of rotatable bonds is 3. The van der Waals surface area contributed by atoms with Crippen molar-refractivity contribution in [2.75, 3.05) is 19.7 Å². The molecule has 0 spiro atoms. The maximum absolute atomic E-state index is 11.3. The lowest BCUT2D eigenvalue weighted by molar-refractivity contribution is -0.135. The van der Waals surface area contributed by atoms with Crippen LogP contribution >= 0.6 is 0 Å². The monoisotopic (exact) mass is 172 g/mol. The van der Waals surface area contributed by atoms with E-state index in [9.17, 15) is 4.79 Å². The van der Waals surface area contributed by atoms with E-state index in [1.54, 1.807) is 0 Å². The van der Waals surface area contributed by atoms with Crippen LogP contribution in [0, 0.1) is 0 Å². The fourth-order valence-corrected chi connectivity index (χ4v) is 1.26. The predicted molar refractivity (Wildman–Crippen MR) is 45.7 cm³/mol. The van der Waals surface area contributed by atoms with Gasteiger partial charge < -0.3 is 15.8 Å². The van der Waals surface area contributed by atoms with Crippen LogP contribution in [0.25, 0.3) is 0 Å². The number of nitrogens with two attached hydrogens (primary N) is 1. The van der Waals surface area contributed by atoms with Gasteiger partial charge in [0.1, 0.15) is 6.10 Å². The molecule has 1 aliphatic rings. The first kappa shape index (κ1) is 9.48. The van der Waals surface area contributed by atoms with Crippen LogP contribution < -0.4 is 11.1 Å². The number of amides is 1. The molecule has 1 amide bonds. The molecule has 3 N–H and O–H groups in total. The average Bonchev–Trinajstić information content (AvgIpc) is 2.15. The normalized spacial score (nSPS) is 23.6. The first-order valence-corrected chi connectivity index (χ1v) is 4.44. The van der Waals surface area contributed by atoms with Gasteiger partial charge >= 0.3 is 0 Å². The summed E-state index contributed by atoms with van der Waals surface area (Å²) in [6.07, 6.45) is 2.77. The molecular formula is C8H16N2O2. The molecule has 1 rings (SSSR count). The minimum absolute atomic E-state index is 0.0137. The molecule has 0 aromatic carbocycles. The molecule has 1 unspecified atom stereocenters. The standard InChI is InChI=1S/C8H16N2O2/c9-4-5-10-8(11)7-3-1-2-6-12-7/h7H,1-6,9H2,(H,10,11). The zero-order valence-electron chi connectivity index (χ0n) is 7.21. The maximum atomic E-state index is 11.3. The summed E-state index contributed by atoms with van der Waals surface area (Å²) in [6, 6.07) is 0. The first-order chi connectivity index (χ1) is 5.84. The Hall–Kier alpha value is -0.610. The Morgan fingerprint density at radius 2 is 2.42 bits per heavy atom. The molecule has 0 aliphatic carbocycles. The fraction of sp³-hybridized carbons (Fsp3) is 0.875. The summed E-state index contributed by atoms with van der Waals surface area (Å²) in [7, 11) is 0. The van der Waals surface area contributed by atoms with Gasteiger partial charge in [-0.25, -0.2) is 0 Å². The van der Waals surface area contributed by atoms with Gasteiger partial charge in [-0.2, -0.15) is 0 Å². The Morgan fingerprint density at radius 1 is 1.58 bits per heavy atom. The summed E-state index contributed by atoms with van der Waals surface area (Å²) in [5.41, 5.74) is 5.25. The second-order valence-corrected chi connectivity index (χ2v) is 2.93. The largest absolute Gasteiger partial charge is 0.368 e. The third-order valence-corrected chi connectivity index (χ3v) is 1.92. The fourth-order valence-electron chi connectivity index (χ4n) is 1.26. The van der Waals surface area contributed by atoms with Crippen LogP contribution in [0.3, 0.4) is 0 Å². The van der Waals surface area contributed by atoms with Crippen molar-refractivity contribution in [3.8, 4) is 0 Å². The van der Waals surface area contributed by atoms with Crippen molar-refractivity contribution < 1.29 is 9.53 Å². The van der Waals surface area contributed by atoms with Gasteiger partial charge in [-0.3, -0.25) is 4.79 Å². The number of hydrogen-bond acceptors (Lipinski definition) is 3. The highest BCUT2D eigenvalue weighted by atomic mass is 16.5. The number of carbonyl (C=O) groups is 1. The van der Waals surface area contributed by atoms with Gasteiger partial charge in [0.2, 0.25) is 5.91 Å². The first-order valence-electron chi connectivity index (χ1n) is 4.44. The Kier molecular flexibility index (Phi) is 4.04. The van der Waals surface area contributed by atoms with Crippen molar-refractivity contribution in [1.82, 2.24) is 5.32 Å². The van der Waals surface area contributed by atoms with Gasteiger partial charge in [0.15, 0.2) is 0 Å². The zero-order chi connectivity index (χ0) is 8.81. The molecule has 0 bridgehead atoms. The van der Waals surface area contributed by atoms with E-state index >= 15 is 0 Å². The van der Waals surface area contributed by atoms with E-state index in [1.165, 1.54) is 0 Å². The zero-order valence-corrected chi connectivity index (χ0v) is 7.21. The van der Waals surface area contributed by atoms with Crippen molar-refractivity contribution in [1.29, 1.82) is 0 Å². The highest BCUT2D eigenvalue weighted by Crippen LogP contribution is 2.12. The molecule has 0 radical (unpaired) electrons. The van der Waals surface area contributed by atoms with Crippen molar-refractivity contribution in [3.05, 3.63) is 0 Å². The Labute approximate surface area is 72.5 Å². The van der Waals surface area contributed by atoms with E-state index in [0.29, 0.717) is 19.7 Å². The molecule has 1 saturated heterocycles. The van der Waals surface area contributed by atoms with Crippen LogP contribution in [0.15, 0.2) is 0 Å². The smallest absolute Gasteiger partial charge is 0.249 e. The SMILES string of the molecule is NCCNC(=O)C1CCCCO1. The van der Waals surface area contributed by atoms with Crippen molar-refractivity contribution >= 4 is 5.91 Å². The van der Waals surface area contributed by atoms with Gasteiger partial charge in [-0.1, -0.05) is 0 Å². The topological polar surface area (TPSA) is 64.3 Å². The summed E-state index contributed by atoms with van der Waals surface area (Å²) >= 11 is 0. The molecule has 1 atom stereocenters. The summed E-state index contributed by atoms with van der Waals surface area (Å²) in [5, 5.41) is 2.71. The van der Waals surface area contributed by atoms with Crippen LogP contribution in [0.2, 0.25) is 0 Å². The third-order valence-electron chi connectivity index (χ3n) is 1.92. The van der Waals surface area contributed by atoms with Crippen LogP contribution in [-0.2, 0) is 9.53 Å². The minimum atomic E-state index is -0.231. The minimum Gasteiger partial charge on any atom is -0.368 e.